The summed E-state index contributed by atoms with van der Waals surface area (Å²) < 4.78 is 0. The molecule has 0 aliphatic heterocycles. The molecule has 1 fully saturated rings. The van der Waals surface area contributed by atoms with E-state index in [9.17, 15) is 0 Å². The van der Waals surface area contributed by atoms with Gasteiger partial charge in [0.15, 0.2) is 0 Å². The first-order valence-corrected chi connectivity index (χ1v) is 6.74. The fourth-order valence-electron chi connectivity index (χ4n) is 2.87. The maximum absolute atomic E-state index is 2.38. The highest BCUT2D eigenvalue weighted by molar-refractivity contribution is 5.56. The van der Waals surface area contributed by atoms with Gasteiger partial charge in [-0.15, -0.1) is 0 Å². The van der Waals surface area contributed by atoms with Gasteiger partial charge in [-0.1, -0.05) is 72.3 Å². The molecule has 0 amide bonds. The predicted molar refractivity (Wildman–Crippen MR) is 77.5 cm³/mol. The third-order valence-corrected chi connectivity index (χ3v) is 3.76. The molecule has 2 aromatic carbocycles. The Morgan fingerprint density at radius 1 is 0.833 bits per heavy atom. The highest BCUT2D eigenvalue weighted by Gasteiger charge is 2.21. The number of hydrogen-bond acceptors (Lipinski definition) is 0. The predicted octanol–water partition coefficient (Wildman–Crippen LogP) is 5.04. The van der Waals surface area contributed by atoms with Gasteiger partial charge in [0, 0.05) is 5.92 Å². The molecule has 3 rings (SSSR count). The molecule has 0 spiro atoms. The van der Waals surface area contributed by atoms with Crippen molar-refractivity contribution >= 4 is 6.08 Å². The normalized spacial score (nSPS) is 21.3. The molecule has 0 bridgehead atoms. The van der Waals surface area contributed by atoms with Crippen molar-refractivity contribution in [2.75, 3.05) is 0 Å². The molecule has 0 N–H and O–H groups in total. The molecular formula is C18H18. The molecule has 0 aromatic heterocycles. The van der Waals surface area contributed by atoms with Crippen LogP contribution in [0.5, 0.6) is 0 Å². The molecular weight excluding hydrogens is 216 g/mol. The quantitative estimate of drug-likeness (QED) is 0.683. The topological polar surface area (TPSA) is 0 Å². The van der Waals surface area contributed by atoms with Gasteiger partial charge in [-0.05, 0) is 30.4 Å². The summed E-state index contributed by atoms with van der Waals surface area (Å²) in [4.78, 5) is 0. The van der Waals surface area contributed by atoms with E-state index in [2.05, 4.69) is 66.7 Å². The first-order valence-electron chi connectivity index (χ1n) is 6.74. The Balaban J connectivity index is 1.90. The van der Waals surface area contributed by atoms with Gasteiger partial charge in [-0.25, -0.2) is 0 Å². The summed E-state index contributed by atoms with van der Waals surface area (Å²) in [6.45, 7) is 0. The summed E-state index contributed by atoms with van der Waals surface area (Å²) in [5, 5.41) is 0. The Kier molecular flexibility index (Phi) is 3.27. The van der Waals surface area contributed by atoms with E-state index in [0.29, 0.717) is 5.92 Å². The van der Waals surface area contributed by atoms with Gasteiger partial charge in [0.25, 0.3) is 0 Å². The van der Waals surface area contributed by atoms with E-state index in [-0.39, 0.29) is 0 Å². The van der Waals surface area contributed by atoms with Crippen molar-refractivity contribution in [1.29, 1.82) is 0 Å². The van der Waals surface area contributed by atoms with Crippen molar-refractivity contribution in [3.8, 4) is 0 Å². The van der Waals surface area contributed by atoms with Crippen LogP contribution >= 0.6 is 0 Å². The van der Waals surface area contributed by atoms with Crippen LogP contribution < -0.4 is 0 Å². The van der Waals surface area contributed by atoms with Crippen LogP contribution in [0.1, 0.15) is 36.3 Å². The Morgan fingerprint density at radius 3 is 2.22 bits per heavy atom. The molecule has 1 aliphatic carbocycles. The molecule has 1 atom stereocenters. The van der Waals surface area contributed by atoms with Gasteiger partial charge in [-0.3, -0.25) is 0 Å². The van der Waals surface area contributed by atoms with E-state index in [1.54, 1.807) is 5.57 Å². The van der Waals surface area contributed by atoms with Crippen molar-refractivity contribution < 1.29 is 0 Å². The third kappa shape index (κ3) is 2.38. The molecule has 0 heterocycles. The van der Waals surface area contributed by atoms with Gasteiger partial charge in [-0.2, -0.15) is 0 Å². The molecule has 1 saturated carbocycles. The molecule has 2 aromatic rings. The number of allylic oxidation sites excluding steroid dienone is 1. The summed E-state index contributed by atoms with van der Waals surface area (Å²) >= 11 is 0. The molecule has 0 nitrogen and oxygen atoms in total. The van der Waals surface area contributed by atoms with E-state index in [1.165, 1.54) is 30.4 Å². The van der Waals surface area contributed by atoms with Crippen molar-refractivity contribution in [3.63, 3.8) is 0 Å². The maximum Gasteiger partial charge on any atom is 0.00516 e. The lowest BCUT2D eigenvalue weighted by Gasteiger charge is -2.12. The monoisotopic (exact) mass is 234 g/mol. The Bertz CT molecular complexity index is 522. The Hall–Kier alpha value is -1.82. The highest BCUT2D eigenvalue weighted by atomic mass is 14.3. The summed E-state index contributed by atoms with van der Waals surface area (Å²) in [6, 6.07) is 21.6. The SMILES string of the molecule is C(=C1\CCCC1c1ccccc1)/c1ccccc1. The zero-order valence-electron chi connectivity index (χ0n) is 10.5. The van der Waals surface area contributed by atoms with Crippen LogP contribution in [-0.4, -0.2) is 0 Å². The molecule has 0 radical (unpaired) electrons. The van der Waals surface area contributed by atoms with E-state index >= 15 is 0 Å². The minimum absolute atomic E-state index is 0.631. The fourth-order valence-corrected chi connectivity index (χ4v) is 2.87. The average molecular weight is 234 g/mol. The molecule has 18 heavy (non-hydrogen) atoms. The third-order valence-electron chi connectivity index (χ3n) is 3.76. The van der Waals surface area contributed by atoms with Gasteiger partial charge in [0.2, 0.25) is 0 Å². The van der Waals surface area contributed by atoms with Crippen LogP contribution in [0, 0.1) is 0 Å². The second-order valence-corrected chi connectivity index (χ2v) is 4.99. The second kappa shape index (κ2) is 5.22. The maximum atomic E-state index is 2.38. The van der Waals surface area contributed by atoms with Crippen LogP contribution in [0.2, 0.25) is 0 Å². The summed E-state index contributed by atoms with van der Waals surface area (Å²) in [5.74, 6) is 0.631. The summed E-state index contributed by atoms with van der Waals surface area (Å²) in [6.07, 6.45) is 6.24. The minimum Gasteiger partial charge on any atom is -0.0622 e. The first-order chi connectivity index (χ1) is 8.93. The zero-order chi connectivity index (χ0) is 12.2. The van der Waals surface area contributed by atoms with Crippen LogP contribution in [0.3, 0.4) is 0 Å². The Labute approximate surface area is 109 Å². The first kappa shape index (κ1) is 11.3. The number of rotatable bonds is 2. The van der Waals surface area contributed by atoms with Gasteiger partial charge < -0.3 is 0 Å². The summed E-state index contributed by atoms with van der Waals surface area (Å²) in [7, 11) is 0. The van der Waals surface area contributed by atoms with Gasteiger partial charge >= 0.3 is 0 Å². The van der Waals surface area contributed by atoms with Crippen molar-refractivity contribution in [1.82, 2.24) is 0 Å². The van der Waals surface area contributed by atoms with E-state index in [0.717, 1.165) is 0 Å². The fraction of sp³-hybridized carbons (Fsp3) is 0.222. The number of benzene rings is 2. The van der Waals surface area contributed by atoms with E-state index < -0.39 is 0 Å². The Morgan fingerprint density at radius 2 is 1.50 bits per heavy atom. The molecule has 90 valence electrons. The molecule has 0 saturated heterocycles. The second-order valence-electron chi connectivity index (χ2n) is 4.99. The van der Waals surface area contributed by atoms with Crippen LogP contribution in [-0.2, 0) is 0 Å². The van der Waals surface area contributed by atoms with Crippen molar-refractivity contribution in [2.45, 2.75) is 25.2 Å². The largest absolute Gasteiger partial charge is 0.0622 e. The van der Waals surface area contributed by atoms with Gasteiger partial charge in [0.05, 0.1) is 0 Å². The van der Waals surface area contributed by atoms with E-state index in [4.69, 9.17) is 0 Å². The lowest BCUT2D eigenvalue weighted by atomic mass is 9.92. The van der Waals surface area contributed by atoms with Crippen LogP contribution in [0.4, 0.5) is 0 Å². The average Bonchev–Trinajstić information content (AvgIpc) is 2.89. The van der Waals surface area contributed by atoms with Gasteiger partial charge in [0.1, 0.15) is 0 Å². The highest BCUT2D eigenvalue weighted by Crippen LogP contribution is 2.39. The smallest absolute Gasteiger partial charge is 0.00516 e. The number of hydrogen-bond donors (Lipinski definition) is 0. The van der Waals surface area contributed by atoms with E-state index in [1.807, 2.05) is 0 Å². The zero-order valence-corrected chi connectivity index (χ0v) is 10.5. The van der Waals surface area contributed by atoms with Crippen molar-refractivity contribution in [2.24, 2.45) is 0 Å². The minimum atomic E-state index is 0.631. The standard InChI is InChI=1S/C18H18/c1-3-8-15(9-4-1)14-17-12-7-13-18(17)16-10-5-2-6-11-16/h1-6,8-11,14,18H,7,12-13H2/b17-14-. The lowest BCUT2D eigenvalue weighted by molar-refractivity contribution is 0.793. The lowest BCUT2D eigenvalue weighted by Crippen LogP contribution is -1.94. The van der Waals surface area contributed by atoms with Crippen LogP contribution in [0.25, 0.3) is 6.08 Å². The summed E-state index contributed by atoms with van der Waals surface area (Å²) in [5.41, 5.74) is 4.39. The molecule has 0 heteroatoms. The molecule has 1 unspecified atom stereocenters. The van der Waals surface area contributed by atoms with Crippen molar-refractivity contribution in [3.05, 3.63) is 77.4 Å². The van der Waals surface area contributed by atoms with Crippen LogP contribution in [0.15, 0.2) is 66.2 Å². The molecule has 1 aliphatic rings.